The summed E-state index contributed by atoms with van der Waals surface area (Å²) in [5.41, 5.74) is 2.72. The molecule has 0 unspecified atom stereocenters. The second-order valence-electron chi connectivity index (χ2n) is 10.1. The van der Waals surface area contributed by atoms with E-state index in [0.717, 1.165) is 53.1 Å². The smallest absolute Gasteiger partial charge is 0.412 e. The summed E-state index contributed by atoms with van der Waals surface area (Å²) in [4.78, 5) is 34.2. The van der Waals surface area contributed by atoms with Gasteiger partial charge in [-0.1, -0.05) is 29.8 Å². The lowest BCUT2D eigenvalue weighted by atomic mass is 10.0. The first-order valence-electron chi connectivity index (χ1n) is 13.3. The van der Waals surface area contributed by atoms with Gasteiger partial charge >= 0.3 is 6.09 Å². The van der Waals surface area contributed by atoms with E-state index < -0.39 is 6.09 Å². The fourth-order valence-electron chi connectivity index (χ4n) is 5.02. The highest BCUT2D eigenvalue weighted by molar-refractivity contribution is 7.15. The molecule has 3 aromatic rings. The van der Waals surface area contributed by atoms with Gasteiger partial charge in [0.25, 0.3) is 5.91 Å². The number of hydrogen-bond donors (Lipinski definition) is 1. The summed E-state index contributed by atoms with van der Waals surface area (Å²) in [5.74, 6) is 1.98. The third-order valence-electron chi connectivity index (χ3n) is 7.15. The number of likely N-dealkylation sites (tertiary alicyclic amines) is 1. The molecule has 2 fully saturated rings. The van der Waals surface area contributed by atoms with E-state index in [9.17, 15) is 9.59 Å². The van der Waals surface area contributed by atoms with Crippen molar-refractivity contribution in [3.05, 3.63) is 58.7 Å². The minimum atomic E-state index is -0.565. The normalized spacial score (nSPS) is 18.7. The Balaban J connectivity index is 1.16. The summed E-state index contributed by atoms with van der Waals surface area (Å²) in [7, 11) is 0. The molecule has 8 nitrogen and oxygen atoms in total. The summed E-state index contributed by atoms with van der Waals surface area (Å²) < 4.78 is 16.6. The molecule has 9 heteroatoms. The van der Waals surface area contributed by atoms with Gasteiger partial charge in [-0.3, -0.25) is 4.79 Å². The Morgan fingerprint density at radius 1 is 1.08 bits per heavy atom. The topological polar surface area (TPSA) is 90.0 Å². The third-order valence-corrected chi connectivity index (χ3v) is 8.41. The molecule has 1 saturated heterocycles. The van der Waals surface area contributed by atoms with Gasteiger partial charge in [-0.05, 0) is 56.7 Å². The highest BCUT2D eigenvalue weighted by Gasteiger charge is 2.34. The van der Waals surface area contributed by atoms with E-state index in [4.69, 9.17) is 19.2 Å². The molecule has 2 aromatic carbocycles. The number of nitrogens with one attached hydrogen (secondary N) is 1. The van der Waals surface area contributed by atoms with Gasteiger partial charge in [0, 0.05) is 31.1 Å². The van der Waals surface area contributed by atoms with Crippen LogP contribution in [0.4, 0.5) is 4.79 Å². The van der Waals surface area contributed by atoms with Crippen LogP contribution >= 0.6 is 11.3 Å². The Morgan fingerprint density at radius 3 is 2.74 bits per heavy atom. The molecule has 1 aromatic heterocycles. The number of carbonyl (C=O) groups is 2. The number of nitrogens with zero attached hydrogens (tertiary/aromatic N) is 2. The van der Waals surface area contributed by atoms with Crippen LogP contribution in [-0.4, -0.2) is 54.2 Å². The first-order chi connectivity index (χ1) is 18.5. The number of carbonyl (C=O) groups excluding carboxylic acids is 2. The number of thiazole rings is 1. The Kier molecular flexibility index (Phi) is 6.93. The van der Waals surface area contributed by atoms with Crippen LogP contribution in [0.5, 0.6) is 17.2 Å². The Hall–Kier alpha value is -3.59. The fourth-order valence-corrected chi connectivity index (χ4v) is 6.24. The number of piperidine rings is 1. The van der Waals surface area contributed by atoms with Gasteiger partial charge in [0.1, 0.15) is 24.7 Å². The van der Waals surface area contributed by atoms with Gasteiger partial charge in [0.15, 0.2) is 11.5 Å². The van der Waals surface area contributed by atoms with Crippen LogP contribution < -0.4 is 19.5 Å². The van der Waals surface area contributed by atoms with Crippen LogP contribution in [0.2, 0.25) is 0 Å². The van der Waals surface area contributed by atoms with E-state index in [1.54, 1.807) is 29.5 Å². The van der Waals surface area contributed by atoms with Crippen LogP contribution in [-0.2, 0) is 0 Å². The van der Waals surface area contributed by atoms with E-state index in [-0.39, 0.29) is 11.9 Å². The van der Waals surface area contributed by atoms with E-state index in [1.165, 1.54) is 0 Å². The van der Waals surface area contributed by atoms with Crippen molar-refractivity contribution >= 4 is 23.3 Å². The number of benzene rings is 2. The molecule has 1 aliphatic carbocycles. The molecule has 2 amide bonds. The molecule has 1 N–H and O–H groups in total. The number of aromatic nitrogens is 1. The Bertz CT molecular complexity index is 1350. The summed E-state index contributed by atoms with van der Waals surface area (Å²) in [6, 6.07) is 13.2. The standard InChI is InChI=1S/C29H31N3O5S/c1-18-5-4-6-20(15-18)26-25(31-27(38-26)19-8-9-19)28(33)32-12-3-2-7-21(32)17-30-29(34)37-22-10-11-23-24(16-22)36-14-13-35-23/h4-6,10-11,15-16,19,21H,2-3,7-9,12-14,17H2,1H3,(H,30,34)/t21-/m0/s1. The Morgan fingerprint density at radius 2 is 1.92 bits per heavy atom. The van der Waals surface area contributed by atoms with E-state index >= 15 is 0 Å². The average Bonchev–Trinajstić information content (AvgIpc) is 3.69. The maximum atomic E-state index is 13.9. The zero-order valence-corrected chi connectivity index (χ0v) is 22.2. The van der Waals surface area contributed by atoms with E-state index in [0.29, 0.717) is 55.2 Å². The number of rotatable bonds is 6. The molecule has 1 atom stereocenters. The van der Waals surface area contributed by atoms with Crippen LogP contribution in [0.15, 0.2) is 42.5 Å². The average molecular weight is 534 g/mol. The molecule has 3 heterocycles. The molecule has 1 saturated carbocycles. The first-order valence-corrected chi connectivity index (χ1v) is 14.1. The largest absolute Gasteiger partial charge is 0.486 e. The minimum Gasteiger partial charge on any atom is -0.486 e. The predicted octanol–water partition coefficient (Wildman–Crippen LogP) is 5.55. The minimum absolute atomic E-state index is 0.0589. The number of amides is 2. The monoisotopic (exact) mass is 533 g/mol. The van der Waals surface area contributed by atoms with Crippen LogP contribution in [0.1, 0.15) is 59.1 Å². The fraction of sp³-hybridized carbons (Fsp3) is 0.414. The maximum Gasteiger partial charge on any atom is 0.412 e. The summed E-state index contributed by atoms with van der Waals surface area (Å²) >= 11 is 1.65. The van der Waals surface area contributed by atoms with E-state index in [1.807, 2.05) is 11.0 Å². The van der Waals surface area contributed by atoms with Crippen LogP contribution in [0.3, 0.4) is 0 Å². The van der Waals surface area contributed by atoms with E-state index in [2.05, 4.69) is 30.4 Å². The zero-order chi connectivity index (χ0) is 26.1. The number of aryl methyl sites for hydroxylation is 1. The molecular formula is C29H31N3O5S. The molecule has 0 spiro atoms. The van der Waals surface area contributed by atoms with Crippen LogP contribution in [0.25, 0.3) is 10.4 Å². The van der Waals surface area contributed by atoms with Crippen molar-refractivity contribution in [2.24, 2.45) is 0 Å². The highest BCUT2D eigenvalue weighted by Crippen LogP contribution is 2.45. The summed E-state index contributed by atoms with van der Waals surface area (Å²) in [6.45, 7) is 3.98. The lowest BCUT2D eigenvalue weighted by Crippen LogP contribution is -2.50. The van der Waals surface area contributed by atoms with Crippen LogP contribution in [0, 0.1) is 6.92 Å². The molecule has 6 rings (SSSR count). The van der Waals surface area contributed by atoms with Gasteiger partial charge in [0.05, 0.1) is 9.88 Å². The Labute approximate surface area is 225 Å². The van der Waals surface area contributed by atoms with Gasteiger partial charge in [-0.2, -0.15) is 0 Å². The quantitative estimate of drug-likeness (QED) is 0.447. The molecule has 2 aliphatic heterocycles. The molecule has 0 bridgehead atoms. The van der Waals surface area contributed by atoms with Crippen molar-refractivity contribution in [1.82, 2.24) is 15.2 Å². The van der Waals surface area contributed by atoms with Crippen molar-refractivity contribution in [1.29, 1.82) is 0 Å². The van der Waals surface area contributed by atoms with Gasteiger partial charge < -0.3 is 24.4 Å². The van der Waals surface area contributed by atoms with Gasteiger partial charge in [-0.25, -0.2) is 9.78 Å². The predicted molar refractivity (Wildman–Crippen MR) is 144 cm³/mol. The van der Waals surface area contributed by atoms with Crippen molar-refractivity contribution in [3.63, 3.8) is 0 Å². The molecule has 3 aliphatic rings. The van der Waals surface area contributed by atoms with Crippen molar-refractivity contribution < 1.29 is 23.8 Å². The number of hydrogen-bond acceptors (Lipinski definition) is 7. The second-order valence-corrected chi connectivity index (χ2v) is 11.1. The van der Waals surface area contributed by atoms with Crippen molar-refractivity contribution in [2.75, 3.05) is 26.3 Å². The SMILES string of the molecule is Cc1cccc(-c2sc(C3CC3)nc2C(=O)N2CCCC[C@H]2CNC(=O)Oc2ccc3c(c2)OCCO3)c1. The number of fused-ring (bicyclic) bond motifs is 1. The molecule has 198 valence electrons. The summed E-state index contributed by atoms with van der Waals surface area (Å²) in [6.07, 6.45) is 4.46. The molecule has 0 radical (unpaired) electrons. The maximum absolute atomic E-state index is 13.9. The van der Waals surface area contributed by atoms with Gasteiger partial charge in [0.2, 0.25) is 0 Å². The lowest BCUT2D eigenvalue weighted by molar-refractivity contribution is 0.0607. The molecule has 38 heavy (non-hydrogen) atoms. The number of ether oxygens (including phenoxy) is 3. The second kappa shape index (κ2) is 10.6. The lowest BCUT2D eigenvalue weighted by Gasteiger charge is -2.35. The van der Waals surface area contributed by atoms with Gasteiger partial charge in [-0.15, -0.1) is 11.3 Å². The van der Waals surface area contributed by atoms with Crippen molar-refractivity contribution in [3.8, 4) is 27.7 Å². The third kappa shape index (κ3) is 5.34. The molecular weight excluding hydrogens is 502 g/mol. The zero-order valence-electron chi connectivity index (χ0n) is 21.4. The summed E-state index contributed by atoms with van der Waals surface area (Å²) in [5, 5.41) is 3.91. The first kappa shape index (κ1) is 24.7. The highest BCUT2D eigenvalue weighted by atomic mass is 32.1. The van der Waals surface area contributed by atoms with Crippen molar-refractivity contribution in [2.45, 2.75) is 51.0 Å².